The Bertz CT molecular complexity index is 1560. The van der Waals surface area contributed by atoms with Crippen LogP contribution in [0.5, 0.6) is 0 Å². The Morgan fingerprint density at radius 1 is 0.585 bits per heavy atom. The first-order chi connectivity index (χ1) is 30.9. The minimum atomic E-state index is -2.09. The van der Waals surface area contributed by atoms with Crippen LogP contribution < -0.4 is 10.6 Å². The molecule has 5 heterocycles. The Hall–Kier alpha value is -2.63. The maximum atomic E-state index is 12.6. The maximum Gasteiger partial charge on any atom is 0.217 e. The van der Waals surface area contributed by atoms with Gasteiger partial charge in [-0.1, -0.05) is 5.11 Å². The topological polar surface area (TPSA) is 442 Å². The van der Waals surface area contributed by atoms with Crippen LogP contribution in [0, 0.1) is 0 Å². The Labute approximate surface area is 370 Å². The number of ether oxygens (including phenoxy) is 10. The average molecular weight is 948 g/mol. The molecule has 0 bridgehead atoms. The number of amides is 2. The number of carbonyl (C=O) groups is 2. The van der Waals surface area contributed by atoms with Gasteiger partial charge in [-0.2, -0.15) is 0 Å². The number of nitrogens with zero attached hydrogens (tertiary/aromatic N) is 3. The SMILES string of the molecule is CC(=O)NC1[C@H](O[C@@H]2C(O)[C@H](O[C@H]3C(CO)O[C@@H](OCCN=[N+]=[N-])C(NC(C)=O)[C@H]3O)OC(CO)[C@@H]2O)OC(CO)[C@H](O[C@@H]2OC(CO)[C@H](O)[C@H](O)C2OC2CC(O)[C@@H](O)[C@@H](C)O2)[C@@H]1O. The van der Waals surface area contributed by atoms with E-state index in [4.69, 9.17) is 52.9 Å². The first-order valence-electron chi connectivity index (χ1n) is 20.8. The van der Waals surface area contributed by atoms with Crippen molar-refractivity contribution >= 4 is 11.8 Å². The summed E-state index contributed by atoms with van der Waals surface area (Å²) < 4.78 is 58.0. The maximum absolute atomic E-state index is 12.6. The van der Waals surface area contributed by atoms with Gasteiger partial charge < -0.3 is 119 Å². The van der Waals surface area contributed by atoms with Gasteiger partial charge in [-0.3, -0.25) is 9.59 Å². The van der Waals surface area contributed by atoms with Gasteiger partial charge in [0.15, 0.2) is 31.5 Å². The number of aliphatic hydroxyl groups is 12. The number of aliphatic hydroxyl groups excluding tert-OH is 12. The molecule has 0 radical (unpaired) electrons. The zero-order chi connectivity index (χ0) is 47.9. The van der Waals surface area contributed by atoms with E-state index >= 15 is 0 Å². The summed E-state index contributed by atoms with van der Waals surface area (Å²) in [5, 5.41) is 138. The molecule has 65 heavy (non-hydrogen) atoms. The standard InChI is InChI=1S/C36H61N5O24/c1-11-22(49)14(48)6-19(57-11)62-32-27(54)23(50)15(7-42)59-36(32)64-30-18(10-45)61-34(21(26(30)53)40-13(3)47)65-31-24(51)16(8-43)58-35(28(31)55)63-29-17(9-44)60-33(56-5-4-38-41-37)20(25(29)52)39-12(2)46/h11,14-36,42-45,48-55H,4-10H2,1-3H3,(H,39,46)(H,40,47)/t11-,14?,15?,16?,17?,18?,19?,20?,21?,22+,23+,24+,25-,26-,27+,28?,29+,30+,31+,32?,33-,34+,35+,36+/m1/s1. The molecule has 0 aliphatic carbocycles. The molecular formula is C36H61N5O24. The zero-order valence-corrected chi connectivity index (χ0v) is 35.4. The summed E-state index contributed by atoms with van der Waals surface area (Å²) in [7, 11) is 0. The van der Waals surface area contributed by atoms with Crippen molar-refractivity contribution in [3.63, 3.8) is 0 Å². The molecule has 29 heteroatoms. The Morgan fingerprint density at radius 2 is 1.08 bits per heavy atom. The molecule has 0 spiro atoms. The van der Waals surface area contributed by atoms with Crippen LogP contribution in [-0.4, -0.2) is 260 Å². The van der Waals surface area contributed by atoms with E-state index in [2.05, 4.69) is 20.7 Å². The fraction of sp³-hybridized carbons (Fsp3) is 0.944. The minimum absolute atomic E-state index is 0.158. The van der Waals surface area contributed by atoms with E-state index in [1.54, 1.807) is 0 Å². The Kier molecular flexibility index (Phi) is 19.8. The number of hydrogen-bond acceptors (Lipinski definition) is 25. The zero-order valence-electron chi connectivity index (χ0n) is 35.4. The summed E-state index contributed by atoms with van der Waals surface area (Å²) in [6, 6.07) is -3.07. The third-order valence-electron chi connectivity index (χ3n) is 11.5. The molecule has 10 unspecified atom stereocenters. The van der Waals surface area contributed by atoms with E-state index in [0.29, 0.717) is 0 Å². The lowest BCUT2D eigenvalue weighted by Gasteiger charge is -2.50. The largest absolute Gasteiger partial charge is 0.394 e. The molecule has 0 saturated carbocycles. The number of carbonyl (C=O) groups excluding carboxylic acids is 2. The van der Waals surface area contributed by atoms with Crippen molar-refractivity contribution < 1.29 is 118 Å². The molecule has 0 aromatic rings. The van der Waals surface area contributed by atoms with Gasteiger partial charge in [-0.15, -0.1) is 0 Å². The lowest BCUT2D eigenvalue weighted by atomic mass is 9.94. The summed E-state index contributed by atoms with van der Waals surface area (Å²) in [6.07, 6.45) is -36.7. The summed E-state index contributed by atoms with van der Waals surface area (Å²) in [4.78, 5) is 27.3. The quantitative estimate of drug-likeness (QED) is 0.0263. The van der Waals surface area contributed by atoms with Gasteiger partial charge in [0.05, 0.1) is 45.2 Å². The normalized spacial score (nSPS) is 45.9. The second-order valence-corrected chi connectivity index (χ2v) is 16.1. The number of rotatable bonds is 18. The highest BCUT2D eigenvalue weighted by Crippen LogP contribution is 2.36. The van der Waals surface area contributed by atoms with Crippen LogP contribution in [0.1, 0.15) is 27.2 Å². The third-order valence-corrected chi connectivity index (χ3v) is 11.5. The second kappa shape index (κ2) is 24.1. The van der Waals surface area contributed by atoms with Crippen LogP contribution in [-0.2, 0) is 57.0 Å². The number of azide groups is 1. The molecule has 0 aromatic carbocycles. The van der Waals surface area contributed by atoms with E-state index in [-0.39, 0.29) is 19.6 Å². The predicted octanol–water partition coefficient (Wildman–Crippen LogP) is -8.25. The van der Waals surface area contributed by atoms with E-state index in [9.17, 15) is 70.9 Å². The molecule has 5 aliphatic rings. The minimum Gasteiger partial charge on any atom is -0.394 e. The van der Waals surface area contributed by atoms with Crippen molar-refractivity contribution in [2.45, 2.75) is 174 Å². The van der Waals surface area contributed by atoms with E-state index < -0.39 is 186 Å². The Balaban J connectivity index is 1.37. The third kappa shape index (κ3) is 12.5. The highest BCUT2D eigenvalue weighted by Gasteiger charge is 2.56. The summed E-state index contributed by atoms with van der Waals surface area (Å²) in [5.41, 5.74) is 8.58. The monoisotopic (exact) mass is 947 g/mol. The molecule has 374 valence electrons. The van der Waals surface area contributed by atoms with Crippen molar-refractivity contribution in [2.24, 2.45) is 5.11 Å². The summed E-state index contributed by atoms with van der Waals surface area (Å²) >= 11 is 0. The van der Waals surface area contributed by atoms with Gasteiger partial charge in [0.25, 0.3) is 0 Å². The molecule has 2 amide bonds. The number of hydrogen-bond donors (Lipinski definition) is 14. The van der Waals surface area contributed by atoms with Crippen LogP contribution in [0.3, 0.4) is 0 Å². The second-order valence-electron chi connectivity index (χ2n) is 16.1. The molecule has 24 atom stereocenters. The van der Waals surface area contributed by atoms with Crippen molar-refractivity contribution in [3.8, 4) is 0 Å². The molecule has 0 aromatic heterocycles. The van der Waals surface area contributed by atoms with Gasteiger partial charge in [0, 0.05) is 31.7 Å². The molecule has 5 rings (SSSR count). The van der Waals surface area contributed by atoms with Gasteiger partial charge in [0.2, 0.25) is 11.8 Å². The lowest BCUT2D eigenvalue weighted by molar-refractivity contribution is -0.385. The van der Waals surface area contributed by atoms with Crippen LogP contribution in [0.4, 0.5) is 0 Å². The summed E-state index contributed by atoms with van der Waals surface area (Å²) in [5.74, 6) is -1.44. The predicted molar refractivity (Wildman–Crippen MR) is 205 cm³/mol. The molecule has 14 N–H and O–H groups in total. The molecule has 5 saturated heterocycles. The van der Waals surface area contributed by atoms with Gasteiger partial charge in [0.1, 0.15) is 104 Å². The highest BCUT2D eigenvalue weighted by molar-refractivity contribution is 5.73. The average Bonchev–Trinajstić information content (AvgIpc) is 3.26. The first-order valence-corrected chi connectivity index (χ1v) is 20.8. The molecule has 5 aliphatic heterocycles. The van der Waals surface area contributed by atoms with Crippen molar-refractivity contribution in [1.29, 1.82) is 0 Å². The van der Waals surface area contributed by atoms with Crippen molar-refractivity contribution in [3.05, 3.63) is 10.4 Å². The fourth-order valence-corrected chi connectivity index (χ4v) is 8.15. The van der Waals surface area contributed by atoms with Crippen molar-refractivity contribution in [1.82, 2.24) is 10.6 Å². The van der Waals surface area contributed by atoms with Crippen LogP contribution in [0.25, 0.3) is 10.4 Å². The molecule has 5 fully saturated rings. The Morgan fingerprint density at radius 3 is 1.62 bits per heavy atom. The lowest BCUT2D eigenvalue weighted by Crippen LogP contribution is -2.70. The van der Waals surface area contributed by atoms with Gasteiger partial charge in [-0.25, -0.2) is 0 Å². The van der Waals surface area contributed by atoms with Crippen LogP contribution in [0.2, 0.25) is 0 Å². The van der Waals surface area contributed by atoms with E-state index in [1.165, 1.54) is 6.92 Å². The van der Waals surface area contributed by atoms with Crippen LogP contribution >= 0.6 is 0 Å². The fourth-order valence-electron chi connectivity index (χ4n) is 8.15. The van der Waals surface area contributed by atoms with E-state index in [0.717, 1.165) is 13.8 Å². The molecular weight excluding hydrogens is 886 g/mol. The summed E-state index contributed by atoms with van der Waals surface area (Å²) in [6.45, 7) is -0.349. The van der Waals surface area contributed by atoms with Gasteiger partial charge in [-0.05, 0) is 12.5 Å². The number of nitrogens with one attached hydrogen (secondary N) is 2. The highest BCUT2D eigenvalue weighted by atomic mass is 16.8. The van der Waals surface area contributed by atoms with E-state index in [1.807, 2.05) is 0 Å². The van der Waals surface area contributed by atoms with Crippen molar-refractivity contribution in [2.75, 3.05) is 39.6 Å². The smallest absolute Gasteiger partial charge is 0.217 e. The molecule has 29 nitrogen and oxygen atoms in total. The van der Waals surface area contributed by atoms with Crippen LogP contribution in [0.15, 0.2) is 5.11 Å². The first kappa shape index (κ1) is 53.3. The van der Waals surface area contributed by atoms with Gasteiger partial charge >= 0.3 is 0 Å².